The van der Waals surface area contributed by atoms with E-state index in [1.807, 2.05) is 72.8 Å². The molecule has 3 aromatic carbocycles. The Morgan fingerprint density at radius 3 is 2.30 bits per heavy atom. The van der Waals surface area contributed by atoms with Gasteiger partial charge in [0, 0.05) is 16.8 Å². The third-order valence-electron chi connectivity index (χ3n) is 3.64. The van der Waals surface area contributed by atoms with Gasteiger partial charge >= 0.3 is 0 Å². The molecule has 3 aromatic rings. The first-order chi connectivity index (χ1) is 11.3. The average Bonchev–Trinajstić information content (AvgIpc) is 2.61. The second kappa shape index (κ2) is 6.88. The van der Waals surface area contributed by atoms with Gasteiger partial charge in [0.05, 0.1) is 7.11 Å². The van der Waals surface area contributed by atoms with Crippen LogP contribution in [-0.4, -0.2) is 7.11 Å². The first-order valence-corrected chi connectivity index (χ1v) is 7.47. The summed E-state index contributed by atoms with van der Waals surface area (Å²) in [7, 11) is 1.66. The van der Waals surface area contributed by atoms with Crippen molar-refractivity contribution in [1.82, 2.24) is 0 Å². The van der Waals surface area contributed by atoms with Crippen LogP contribution < -0.4 is 15.2 Å². The molecule has 0 amide bonds. The van der Waals surface area contributed by atoms with Crippen LogP contribution in [0.15, 0.2) is 72.8 Å². The van der Waals surface area contributed by atoms with E-state index in [-0.39, 0.29) is 0 Å². The minimum absolute atomic E-state index is 0.507. The fourth-order valence-electron chi connectivity index (χ4n) is 2.49. The zero-order chi connectivity index (χ0) is 16.1. The Labute approximate surface area is 136 Å². The Balaban J connectivity index is 1.95. The van der Waals surface area contributed by atoms with Crippen LogP contribution in [0.5, 0.6) is 11.5 Å². The van der Waals surface area contributed by atoms with Gasteiger partial charge in [0.2, 0.25) is 0 Å². The summed E-state index contributed by atoms with van der Waals surface area (Å²) in [6.07, 6.45) is 0. The largest absolute Gasteiger partial charge is 0.496 e. The van der Waals surface area contributed by atoms with E-state index in [0.29, 0.717) is 12.3 Å². The molecule has 0 spiro atoms. The lowest BCUT2D eigenvalue weighted by Gasteiger charge is -2.15. The van der Waals surface area contributed by atoms with Crippen molar-refractivity contribution in [2.75, 3.05) is 12.8 Å². The zero-order valence-electron chi connectivity index (χ0n) is 13.0. The van der Waals surface area contributed by atoms with E-state index in [9.17, 15) is 0 Å². The zero-order valence-corrected chi connectivity index (χ0v) is 13.0. The molecule has 0 fully saturated rings. The van der Waals surface area contributed by atoms with E-state index >= 15 is 0 Å². The normalized spacial score (nSPS) is 10.3. The second-order valence-corrected chi connectivity index (χ2v) is 5.23. The number of hydrogen-bond acceptors (Lipinski definition) is 3. The Morgan fingerprint density at radius 1 is 0.783 bits per heavy atom. The van der Waals surface area contributed by atoms with Crippen LogP contribution in [0.25, 0.3) is 11.1 Å². The van der Waals surface area contributed by atoms with Crippen molar-refractivity contribution in [1.29, 1.82) is 0 Å². The minimum Gasteiger partial charge on any atom is -0.496 e. The lowest BCUT2D eigenvalue weighted by atomic mass is 10.0. The molecule has 0 atom stereocenters. The maximum absolute atomic E-state index is 6.02. The summed E-state index contributed by atoms with van der Waals surface area (Å²) in [5.41, 5.74) is 9.67. The Morgan fingerprint density at radius 2 is 1.52 bits per heavy atom. The first kappa shape index (κ1) is 15.0. The number of rotatable bonds is 5. The van der Waals surface area contributed by atoms with Gasteiger partial charge in [0.1, 0.15) is 18.1 Å². The topological polar surface area (TPSA) is 44.5 Å². The van der Waals surface area contributed by atoms with Crippen LogP contribution >= 0.6 is 0 Å². The Hall–Kier alpha value is -2.94. The molecule has 23 heavy (non-hydrogen) atoms. The molecular weight excluding hydrogens is 286 g/mol. The minimum atomic E-state index is 0.507. The SMILES string of the molecule is COc1ccccc1-c1cc(N)ccc1OCc1ccccc1. The smallest absolute Gasteiger partial charge is 0.127 e. The van der Waals surface area contributed by atoms with Gasteiger partial charge in [-0.1, -0.05) is 48.5 Å². The molecule has 116 valence electrons. The van der Waals surface area contributed by atoms with E-state index in [1.54, 1.807) is 7.11 Å². The molecule has 0 saturated carbocycles. The summed E-state index contributed by atoms with van der Waals surface area (Å²) < 4.78 is 11.5. The summed E-state index contributed by atoms with van der Waals surface area (Å²) in [6, 6.07) is 23.6. The number of nitrogen functional groups attached to an aromatic ring is 1. The number of methoxy groups -OCH3 is 1. The monoisotopic (exact) mass is 305 g/mol. The summed E-state index contributed by atoms with van der Waals surface area (Å²) >= 11 is 0. The average molecular weight is 305 g/mol. The summed E-state index contributed by atoms with van der Waals surface area (Å²) in [5, 5.41) is 0. The molecule has 0 aliphatic carbocycles. The van der Waals surface area contributed by atoms with E-state index in [2.05, 4.69) is 0 Å². The number of benzene rings is 3. The standard InChI is InChI=1S/C20H19NO2/c1-22-19-10-6-5-9-17(19)18-13-16(21)11-12-20(18)23-14-15-7-3-2-4-8-15/h2-13H,14,21H2,1H3. The molecule has 2 N–H and O–H groups in total. The molecule has 3 rings (SSSR count). The predicted molar refractivity (Wildman–Crippen MR) is 93.6 cm³/mol. The van der Waals surface area contributed by atoms with Gasteiger partial charge in [-0.05, 0) is 29.8 Å². The third kappa shape index (κ3) is 3.46. The molecule has 0 aromatic heterocycles. The first-order valence-electron chi connectivity index (χ1n) is 7.47. The number of ether oxygens (including phenoxy) is 2. The molecule has 0 radical (unpaired) electrons. The van der Waals surface area contributed by atoms with Crippen molar-refractivity contribution >= 4 is 5.69 Å². The molecule has 0 aliphatic rings. The molecule has 0 saturated heterocycles. The van der Waals surface area contributed by atoms with Gasteiger partial charge in [-0.15, -0.1) is 0 Å². The van der Waals surface area contributed by atoms with Crippen molar-refractivity contribution in [3.8, 4) is 22.6 Å². The van der Waals surface area contributed by atoms with Crippen molar-refractivity contribution in [2.45, 2.75) is 6.61 Å². The lowest BCUT2D eigenvalue weighted by Crippen LogP contribution is -1.98. The highest BCUT2D eigenvalue weighted by molar-refractivity contribution is 5.78. The van der Waals surface area contributed by atoms with Crippen molar-refractivity contribution in [3.63, 3.8) is 0 Å². The highest BCUT2D eigenvalue weighted by Crippen LogP contribution is 2.37. The van der Waals surface area contributed by atoms with E-state index in [1.165, 1.54) is 0 Å². The fourth-order valence-corrected chi connectivity index (χ4v) is 2.49. The van der Waals surface area contributed by atoms with Crippen LogP contribution in [0.2, 0.25) is 0 Å². The molecule has 3 nitrogen and oxygen atoms in total. The van der Waals surface area contributed by atoms with Crippen molar-refractivity contribution in [3.05, 3.63) is 78.4 Å². The Bertz CT molecular complexity index is 785. The number of nitrogens with two attached hydrogens (primary N) is 1. The second-order valence-electron chi connectivity index (χ2n) is 5.23. The predicted octanol–water partition coefficient (Wildman–Crippen LogP) is 4.52. The van der Waals surface area contributed by atoms with Gasteiger partial charge in [-0.2, -0.15) is 0 Å². The third-order valence-corrected chi connectivity index (χ3v) is 3.64. The molecule has 0 bridgehead atoms. The van der Waals surface area contributed by atoms with Crippen LogP contribution in [0.3, 0.4) is 0 Å². The number of anilines is 1. The van der Waals surface area contributed by atoms with Crippen LogP contribution in [0, 0.1) is 0 Å². The molecule has 0 aliphatic heterocycles. The van der Waals surface area contributed by atoms with Crippen molar-refractivity contribution in [2.24, 2.45) is 0 Å². The van der Waals surface area contributed by atoms with Crippen LogP contribution in [-0.2, 0) is 6.61 Å². The summed E-state index contributed by atoms with van der Waals surface area (Å²) in [4.78, 5) is 0. The van der Waals surface area contributed by atoms with Gasteiger partial charge in [-0.25, -0.2) is 0 Å². The van der Waals surface area contributed by atoms with Gasteiger partial charge in [0.25, 0.3) is 0 Å². The number of hydrogen-bond donors (Lipinski definition) is 1. The van der Waals surface area contributed by atoms with E-state index < -0.39 is 0 Å². The molecule has 3 heteroatoms. The molecule has 0 heterocycles. The fraction of sp³-hybridized carbons (Fsp3) is 0.100. The lowest BCUT2D eigenvalue weighted by molar-refractivity contribution is 0.307. The van der Waals surface area contributed by atoms with E-state index in [4.69, 9.17) is 15.2 Å². The highest BCUT2D eigenvalue weighted by Gasteiger charge is 2.12. The quantitative estimate of drug-likeness (QED) is 0.705. The van der Waals surface area contributed by atoms with Gasteiger partial charge in [0.15, 0.2) is 0 Å². The maximum atomic E-state index is 6.02. The van der Waals surface area contributed by atoms with Crippen molar-refractivity contribution < 1.29 is 9.47 Å². The summed E-state index contributed by atoms with van der Waals surface area (Å²) in [5.74, 6) is 1.58. The van der Waals surface area contributed by atoms with Crippen LogP contribution in [0.4, 0.5) is 5.69 Å². The van der Waals surface area contributed by atoms with E-state index in [0.717, 1.165) is 28.2 Å². The van der Waals surface area contributed by atoms with Gasteiger partial charge in [-0.3, -0.25) is 0 Å². The highest BCUT2D eigenvalue weighted by atomic mass is 16.5. The Kier molecular flexibility index (Phi) is 4.48. The molecular formula is C20H19NO2. The van der Waals surface area contributed by atoms with Gasteiger partial charge < -0.3 is 15.2 Å². The summed E-state index contributed by atoms with van der Waals surface area (Å²) in [6.45, 7) is 0.507. The maximum Gasteiger partial charge on any atom is 0.127 e. The van der Waals surface area contributed by atoms with Crippen LogP contribution in [0.1, 0.15) is 5.56 Å². The molecule has 0 unspecified atom stereocenters. The number of para-hydroxylation sites is 1.